The summed E-state index contributed by atoms with van der Waals surface area (Å²) in [6.45, 7) is -0.161. The fourth-order valence-electron chi connectivity index (χ4n) is 1.62. The molecule has 106 valence electrons. The van der Waals surface area contributed by atoms with Crippen LogP contribution in [0.1, 0.15) is 5.56 Å². The second-order valence-electron chi connectivity index (χ2n) is 4.21. The first kappa shape index (κ1) is 14.9. The number of nitrogen functional groups attached to an aromatic ring is 1. The first-order valence-electron chi connectivity index (χ1n) is 6.06. The highest BCUT2D eigenvalue weighted by Crippen LogP contribution is 2.22. The molecule has 0 aromatic heterocycles. The van der Waals surface area contributed by atoms with Gasteiger partial charge in [0, 0.05) is 10.2 Å². The van der Waals surface area contributed by atoms with E-state index in [9.17, 15) is 4.79 Å². The molecule has 0 unspecified atom stereocenters. The topological polar surface area (TPSA) is 88.1 Å². The predicted octanol–water partition coefficient (Wildman–Crippen LogP) is 2.92. The van der Waals surface area contributed by atoms with Gasteiger partial charge in [0.1, 0.15) is 5.75 Å². The lowest BCUT2D eigenvalue weighted by Crippen LogP contribution is -2.20. The van der Waals surface area contributed by atoms with E-state index in [1.165, 1.54) is 6.07 Å². The highest BCUT2D eigenvalue weighted by molar-refractivity contribution is 9.10. The lowest BCUT2D eigenvalue weighted by Gasteiger charge is -2.09. The Morgan fingerprint density at radius 2 is 2.00 bits per heavy atom. The van der Waals surface area contributed by atoms with Crippen LogP contribution in [0.25, 0.3) is 0 Å². The van der Waals surface area contributed by atoms with Crippen LogP contribution in [0.15, 0.2) is 46.9 Å². The van der Waals surface area contributed by atoms with Gasteiger partial charge in [0.05, 0.1) is 17.3 Å². The number of carbonyl (C=O) groups is 1. The van der Waals surface area contributed by atoms with Gasteiger partial charge in [-0.15, -0.1) is 0 Å². The minimum atomic E-state index is -0.291. The fourth-order valence-corrected chi connectivity index (χ4v) is 1.89. The summed E-state index contributed by atoms with van der Waals surface area (Å²) < 4.78 is 6.27. The van der Waals surface area contributed by atoms with Gasteiger partial charge in [0.25, 0.3) is 5.91 Å². The molecule has 0 fully saturated rings. The zero-order valence-corrected chi connectivity index (χ0v) is 12.6. The highest BCUT2D eigenvalue weighted by Gasteiger charge is 2.06. The van der Waals surface area contributed by atoms with Gasteiger partial charge >= 0.3 is 0 Å². The molecule has 5 nitrogen and oxygen atoms in total. The number of carbonyl (C=O) groups excluding carboxylic acids is 1. The summed E-state index contributed by atoms with van der Waals surface area (Å²) in [4.78, 5) is 11.8. The molecule has 0 aliphatic heterocycles. The Kier molecular flexibility index (Phi) is 4.80. The molecule has 0 atom stereocenters. The molecule has 2 aromatic carbocycles. The molecule has 3 N–H and O–H groups in total. The average molecular weight is 346 g/mol. The fraction of sp³-hybridized carbons (Fsp3) is 0.0667. The number of nitrogens with one attached hydrogen (secondary N) is 1. The summed E-state index contributed by atoms with van der Waals surface area (Å²) in [5.41, 5.74) is 7.19. The normalized spacial score (nSPS) is 9.71. The Morgan fingerprint density at radius 1 is 1.29 bits per heavy atom. The number of amides is 1. The molecule has 2 aromatic rings. The van der Waals surface area contributed by atoms with Crippen molar-refractivity contribution in [3.8, 4) is 11.8 Å². The van der Waals surface area contributed by atoms with E-state index in [-0.39, 0.29) is 12.5 Å². The minimum Gasteiger partial charge on any atom is -0.482 e. The monoisotopic (exact) mass is 345 g/mol. The Morgan fingerprint density at radius 3 is 2.62 bits per heavy atom. The molecule has 0 spiro atoms. The molecule has 21 heavy (non-hydrogen) atoms. The largest absolute Gasteiger partial charge is 0.482 e. The second-order valence-corrected chi connectivity index (χ2v) is 5.12. The molecule has 1 amide bonds. The van der Waals surface area contributed by atoms with Crippen molar-refractivity contribution >= 4 is 33.2 Å². The van der Waals surface area contributed by atoms with Crippen LogP contribution in [0.2, 0.25) is 0 Å². The minimum absolute atomic E-state index is 0.161. The van der Waals surface area contributed by atoms with E-state index in [0.717, 1.165) is 4.47 Å². The zero-order chi connectivity index (χ0) is 15.2. The van der Waals surface area contributed by atoms with Crippen molar-refractivity contribution in [3.63, 3.8) is 0 Å². The van der Waals surface area contributed by atoms with Gasteiger partial charge in [-0.2, -0.15) is 5.26 Å². The number of nitrogens with two attached hydrogens (primary N) is 1. The third kappa shape index (κ3) is 4.23. The van der Waals surface area contributed by atoms with Crippen LogP contribution in [-0.2, 0) is 4.79 Å². The number of benzene rings is 2. The summed E-state index contributed by atoms with van der Waals surface area (Å²) >= 11 is 3.32. The van der Waals surface area contributed by atoms with Crippen molar-refractivity contribution in [2.45, 2.75) is 0 Å². The van der Waals surface area contributed by atoms with Crippen molar-refractivity contribution in [2.75, 3.05) is 17.7 Å². The van der Waals surface area contributed by atoms with E-state index in [4.69, 9.17) is 15.7 Å². The van der Waals surface area contributed by atoms with E-state index < -0.39 is 0 Å². The van der Waals surface area contributed by atoms with Gasteiger partial charge in [-0.05, 0) is 42.5 Å². The molecule has 0 bridgehead atoms. The third-order valence-electron chi connectivity index (χ3n) is 2.63. The van der Waals surface area contributed by atoms with E-state index in [2.05, 4.69) is 21.2 Å². The molecule has 6 heteroatoms. The molecule has 0 radical (unpaired) electrons. The quantitative estimate of drug-likeness (QED) is 0.833. The molecule has 0 saturated heterocycles. The number of anilines is 2. The number of hydrogen-bond donors (Lipinski definition) is 2. The number of hydrogen-bond acceptors (Lipinski definition) is 4. The standard InChI is InChI=1S/C15H12BrN3O2/c16-11-2-4-12(5-3-11)19-15(20)9-21-14-6-1-10(8-17)7-13(14)18/h1-7H,9,18H2,(H,19,20). The van der Waals surface area contributed by atoms with Gasteiger partial charge in [-0.1, -0.05) is 15.9 Å². The van der Waals surface area contributed by atoms with Crippen LogP contribution in [-0.4, -0.2) is 12.5 Å². The van der Waals surface area contributed by atoms with Crippen molar-refractivity contribution in [3.05, 3.63) is 52.5 Å². The lowest BCUT2D eigenvalue weighted by atomic mass is 10.2. The molecule has 0 aliphatic carbocycles. The Hall–Kier alpha value is -2.52. The van der Waals surface area contributed by atoms with Gasteiger partial charge < -0.3 is 15.8 Å². The van der Waals surface area contributed by atoms with E-state index in [0.29, 0.717) is 22.7 Å². The number of rotatable bonds is 4. The summed E-state index contributed by atoms with van der Waals surface area (Å²) in [7, 11) is 0. The Balaban J connectivity index is 1.92. The number of ether oxygens (including phenoxy) is 1. The lowest BCUT2D eigenvalue weighted by molar-refractivity contribution is -0.118. The van der Waals surface area contributed by atoms with Crippen molar-refractivity contribution in [1.29, 1.82) is 5.26 Å². The Labute approximate surface area is 130 Å². The number of nitrogens with zero attached hydrogens (tertiary/aromatic N) is 1. The van der Waals surface area contributed by atoms with Crippen LogP contribution < -0.4 is 15.8 Å². The molecule has 0 aliphatic rings. The molecular formula is C15H12BrN3O2. The van der Waals surface area contributed by atoms with Crippen LogP contribution in [0.4, 0.5) is 11.4 Å². The summed E-state index contributed by atoms with van der Waals surface area (Å²) in [5.74, 6) is 0.0843. The highest BCUT2D eigenvalue weighted by atomic mass is 79.9. The third-order valence-corrected chi connectivity index (χ3v) is 3.15. The SMILES string of the molecule is N#Cc1ccc(OCC(=O)Nc2ccc(Br)cc2)c(N)c1. The maximum absolute atomic E-state index is 11.8. The maximum atomic E-state index is 11.8. The Bertz CT molecular complexity index is 693. The second kappa shape index (κ2) is 6.77. The number of halogens is 1. The first-order valence-corrected chi connectivity index (χ1v) is 6.85. The molecule has 2 rings (SSSR count). The summed E-state index contributed by atoms with van der Waals surface area (Å²) in [6, 6.07) is 13.8. The number of nitriles is 1. The predicted molar refractivity (Wildman–Crippen MR) is 83.8 cm³/mol. The summed E-state index contributed by atoms with van der Waals surface area (Å²) in [6.07, 6.45) is 0. The van der Waals surface area contributed by atoms with Gasteiger partial charge in [-0.25, -0.2) is 0 Å². The smallest absolute Gasteiger partial charge is 0.262 e. The first-order chi connectivity index (χ1) is 10.1. The maximum Gasteiger partial charge on any atom is 0.262 e. The molecule has 0 heterocycles. The zero-order valence-electron chi connectivity index (χ0n) is 11.0. The van der Waals surface area contributed by atoms with E-state index >= 15 is 0 Å². The van der Waals surface area contributed by atoms with Crippen LogP contribution in [0.5, 0.6) is 5.75 Å². The van der Waals surface area contributed by atoms with E-state index in [1.807, 2.05) is 18.2 Å². The molecule has 0 saturated carbocycles. The van der Waals surface area contributed by atoms with Gasteiger partial charge in [0.2, 0.25) is 0 Å². The molecular weight excluding hydrogens is 334 g/mol. The van der Waals surface area contributed by atoms with Crippen LogP contribution in [0, 0.1) is 11.3 Å². The van der Waals surface area contributed by atoms with E-state index in [1.54, 1.807) is 24.3 Å². The van der Waals surface area contributed by atoms with Crippen molar-refractivity contribution in [1.82, 2.24) is 0 Å². The van der Waals surface area contributed by atoms with Crippen LogP contribution >= 0.6 is 15.9 Å². The van der Waals surface area contributed by atoms with Gasteiger partial charge in [0.15, 0.2) is 6.61 Å². The van der Waals surface area contributed by atoms with Crippen LogP contribution in [0.3, 0.4) is 0 Å². The van der Waals surface area contributed by atoms with Gasteiger partial charge in [-0.3, -0.25) is 4.79 Å². The summed E-state index contributed by atoms with van der Waals surface area (Å²) in [5, 5.41) is 11.4. The average Bonchev–Trinajstić information content (AvgIpc) is 2.48. The van der Waals surface area contributed by atoms with Crippen molar-refractivity contribution < 1.29 is 9.53 Å². The van der Waals surface area contributed by atoms with Crippen molar-refractivity contribution in [2.24, 2.45) is 0 Å².